The summed E-state index contributed by atoms with van der Waals surface area (Å²) in [5.74, 6) is -0.763. The molecule has 4 aromatic rings. The van der Waals surface area contributed by atoms with Gasteiger partial charge in [-0.2, -0.15) is 0 Å². The molecule has 0 aliphatic rings. The van der Waals surface area contributed by atoms with Crippen molar-refractivity contribution in [3.05, 3.63) is 69.9 Å². The number of methoxy groups -OCH3 is 1. The molecular weight excluding hydrogens is 374 g/mol. The maximum absolute atomic E-state index is 13.8. The maximum Gasteiger partial charge on any atom is 0.345 e. The Morgan fingerprint density at radius 1 is 1.15 bits per heavy atom. The second-order valence-corrected chi connectivity index (χ2v) is 6.50. The first-order valence-corrected chi connectivity index (χ1v) is 8.71. The number of anilines is 2. The minimum absolute atomic E-state index is 0.0904. The Hall–Kier alpha value is -3.26. The molecule has 2 heterocycles. The summed E-state index contributed by atoms with van der Waals surface area (Å²) in [7, 11) is 1.55. The van der Waals surface area contributed by atoms with E-state index in [0.717, 1.165) is 12.1 Å². The SMILES string of the molecule is COc1ccc2oc(=O)c(-c3csc(Nc4ccc(F)cc4F)n3)cc2c1. The van der Waals surface area contributed by atoms with Crippen LogP contribution < -0.4 is 15.7 Å². The molecule has 0 radical (unpaired) electrons. The fourth-order valence-electron chi connectivity index (χ4n) is 2.57. The molecule has 1 N–H and O–H groups in total. The second kappa shape index (κ2) is 6.81. The standard InChI is InChI=1S/C19H12F2N2O3S/c1-25-12-3-5-17-10(6-12)7-13(18(24)26-17)16-9-27-19(23-16)22-15-4-2-11(20)8-14(15)21/h2-9H,1H3,(H,22,23). The predicted molar refractivity (Wildman–Crippen MR) is 99.8 cm³/mol. The normalized spacial score (nSPS) is 10.9. The van der Waals surface area contributed by atoms with Gasteiger partial charge in [0.15, 0.2) is 5.13 Å². The number of nitrogens with zero attached hydrogens (tertiary/aromatic N) is 1. The Balaban J connectivity index is 1.70. The molecule has 0 saturated carbocycles. The van der Waals surface area contributed by atoms with Crippen molar-refractivity contribution in [2.45, 2.75) is 0 Å². The molecule has 4 rings (SSSR count). The molecule has 0 unspecified atom stereocenters. The third-order valence-corrected chi connectivity index (χ3v) is 4.65. The molecule has 0 spiro atoms. The highest BCUT2D eigenvalue weighted by Gasteiger charge is 2.13. The summed E-state index contributed by atoms with van der Waals surface area (Å²) >= 11 is 1.19. The highest BCUT2D eigenvalue weighted by atomic mass is 32.1. The number of nitrogens with one attached hydrogen (secondary N) is 1. The fraction of sp³-hybridized carbons (Fsp3) is 0.0526. The van der Waals surface area contributed by atoms with Crippen LogP contribution in [0, 0.1) is 11.6 Å². The monoisotopic (exact) mass is 386 g/mol. The number of benzene rings is 2. The summed E-state index contributed by atoms with van der Waals surface area (Å²) in [5.41, 5.74) is 0.666. The smallest absolute Gasteiger partial charge is 0.345 e. The van der Waals surface area contributed by atoms with E-state index in [1.807, 2.05) is 0 Å². The van der Waals surface area contributed by atoms with Crippen molar-refractivity contribution in [1.82, 2.24) is 4.98 Å². The number of rotatable bonds is 4. The van der Waals surface area contributed by atoms with Gasteiger partial charge in [0.1, 0.15) is 23.0 Å². The van der Waals surface area contributed by atoms with Crippen molar-refractivity contribution < 1.29 is 17.9 Å². The lowest BCUT2D eigenvalue weighted by molar-refractivity contribution is 0.415. The predicted octanol–water partition coefficient (Wildman–Crippen LogP) is 4.95. The van der Waals surface area contributed by atoms with Crippen molar-refractivity contribution in [2.75, 3.05) is 12.4 Å². The zero-order chi connectivity index (χ0) is 19.0. The van der Waals surface area contributed by atoms with E-state index in [9.17, 15) is 13.6 Å². The molecule has 2 aromatic carbocycles. The number of hydrogen-bond acceptors (Lipinski definition) is 6. The summed E-state index contributed by atoms with van der Waals surface area (Å²) in [5, 5.41) is 5.48. The lowest BCUT2D eigenvalue weighted by atomic mass is 10.1. The molecule has 27 heavy (non-hydrogen) atoms. The average Bonchev–Trinajstić information content (AvgIpc) is 3.11. The van der Waals surface area contributed by atoms with Crippen molar-refractivity contribution in [2.24, 2.45) is 0 Å². The van der Waals surface area contributed by atoms with Crippen LogP contribution in [-0.4, -0.2) is 12.1 Å². The van der Waals surface area contributed by atoms with Gasteiger partial charge in [0.25, 0.3) is 0 Å². The highest BCUT2D eigenvalue weighted by molar-refractivity contribution is 7.14. The third-order valence-electron chi connectivity index (χ3n) is 3.89. The van der Waals surface area contributed by atoms with E-state index in [4.69, 9.17) is 9.15 Å². The van der Waals surface area contributed by atoms with Crippen LogP contribution >= 0.6 is 11.3 Å². The van der Waals surface area contributed by atoms with Gasteiger partial charge in [-0.3, -0.25) is 0 Å². The van der Waals surface area contributed by atoms with E-state index in [2.05, 4.69) is 10.3 Å². The summed E-state index contributed by atoms with van der Waals surface area (Å²) in [6.07, 6.45) is 0. The Kier molecular flexibility index (Phi) is 4.33. The van der Waals surface area contributed by atoms with Crippen molar-refractivity contribution in [3.63, 3.8) is 0 Å². The molecule has 0 aliphatic heterocycles. The van der Waals surface area contributed by atoms with Crippen LogP contribution in [0.2, 0.25) is 0 Å². The molecule has 0 aliphatic carbocycles. The summed E-state index contributed by atoms with van der Waals surface area (Å²) < 4.78 is 37.3. The number of hydrogen-bond donors (Lipinski definition) is 1. The Morgan fingerprint density at radius 2 is 2.00 bits per heavy atom. The van der Waals surface area contributed by atoms with Crippen LogP contribution in [0.1, 0.15) is 0 Å². The number of fused-ring (bicyclic) bond motifs is 1. The van der Waals surface area contributed by atoms with Crippen LogP contribution in [0.3, 0.4) is 0 Å². The molecule has 0 atom stereocenters. The number of ether oxygens (including phenoxy) is 1. The van der Waals surface area contributed by atoms with E-state index < -0.39 is 17.3 Å². The fourth-order valence-corrected chi connectivity index (χ4v) is 3.29. The first kappa shape index (κ1) is 17.2. The van der Waals surface area contributed by atoms with Gasteiger partial charge in [-0.25, -0.2) is 18.6 Å². The van der Waals surface area contributed by atoms with Crippen LogP contribution in [0.25, 0.3) is 22.2 Å². The van der Waals surface area contributed by atoms with Crippen molar-refractivity contribution >= 4 is 33.1 Å². The first-order valence-electron chi connectivity index (χ1n) is 7.83. The van der Waals surface area contributed by atoms with Crippen LogP contribution in [0.4, 0.5) is 19.6 Å². The van der Waals surface area contributed by atoms with Gasteiger partial charge in [-0.15, -0.1) is 11.3 Å². The Morgan fingerprint density at radius 3 is 2.78 bits per heavy atom. The van der Waals surface area contributed by atoms with E-state index in [1.54, 1.807) is 36.8 Å². The van der Waals surface area contributed by atoms with Gasteiger partial charge in [0.2, 0.25) is 0 Å². The quantitative estimate of drug-likeness (QED) is 0.503. The zero-order valence-electron chi connectivity index (χ0n) is 14.0. The maximum atomic E-state index is 13.8. The molecule has 2 aromatic heterocycles. The van der Waals surface area contributed by atoms with Crippen molar-refractivity contribution in [3.8, 4) is 17.0 Å². The Bertz CT molecular complexity index is 1200. The van der Waals surface area contributed by atoms with E-state index in [1.165, 1.54) is 17.4 Å². The molecule has 0 amide bonds. The van der Waals surface area contributed by atoms with E-state index >= 15 is 0 Å². The van der Waals surface area contributed by atoms with Gasteiger partial charge in [-0.1, -0.05) is 0 Å². The first-order chi connectivity index (χ1) is 13.0. The minimum Gasteiger partial charge on any atom is -0.497 e. The lowest BCUT2D eigenvalue weighted by Gasteiger charge is -2.04. The molecular formula is C19H12F2N2O3S. The topological polar surface area (TPSA) is 64.4 Å². The molecule has 0 saturated heterocycles. The van der Waals surface area contributed by atoms with Gasteiger partial charge in [0, 0.05) is 16.8 Å². The number of aromatic nitrogens is 1. The largest absolute Gasteiger partial charge is 0.497 e. The van der Waals surface area contributed by atoms with Gasteiger partial charge < -0.3 is 14.5 Å². The van der Waals surface area contributed by atoms with E-state index in [-0.39, 0.29) is 11.3 Å². The Labute approximate surface area is 155 Å². The van der Waals surface area contributed by atoms with Crippen molar-refractivity contribution in [1.29, 1.82) is 0 Å². The summed E-state index contributed by atoms with van der Waals surface area (Å²) in [6.45, 7) is 0. The molecule has 8 heteroatoms. The number of halogens is 2. The van der Waals surface area contributed by atoms with Gasteiger partial charge in [0.05, 0.1) is 24.1 Å². The van der Waals surface area contributed by atoms with Gasteiger partial charge in [-0.05, 0) is 36.4 Å². The van der Waals surface area contributed by atoms with Gasteiger partial charge >= 0.3 is 5.63 Å². The number of thiazole rings is 1. The third kappa shape index (κ3) is 3.39. The summed E-state index contributed by atoms with van der Waals surface area (Å²) in [4.78, 5) is 16.6. The zero-order valence-corrected chi connectivity index (χ0v) is 14.8. The molecule has 5 nitrogen and oxygen atoms in total. The van der Waals surface area contributed by atoms with Crippen LogP contribution in [-0.2, 0) is 0 Å². The van der Waals surface area contributed by atoms with Crippen LogP contribution in [0.5, 0.6) is 5.75 Å². The van der Waals surface area contributed by atoms with E-state index in [0.29, 0.717) is 27.5 Å². The minimum atomic E-state index is -0.732. The summed E-state index contributed by atoms with van der Waals surface area (Å²) in [6, 6.07) is 9.98. The van der Waals surface area contributed by atoms with Crippen LogP contribution in [0.15, 0.2) is 57.1 Å². The average molecular weight is 386 g/mol. The lowest BCUT2D eigenvalue weighted by Crippen LogP contribution is -2.03. The second-order valence-electron chi connectivity index (χ2n) is 5.64. The highest BCUT2D eigenvalue weighted by Crippen LogP contribution is 2.29. The molecule has 0 fully saturated rings. The molecule has 0 bridgehead atoms. The molecule has 136 valence electrons.